The van der Waals surface area contributed by atoms with Gasteiger partial charge in [-0.25, -0.2) is 0 Å². The minimum atomic E-state index is 0.00651. The molecule has 1 saturated heterocycles. The first-order valence-electron chi connectivity index (χ1n) is 11.6. The van der Waals surface area contributed by atoms with Gasteiger partial charge in [0.1, 0.15) is 0 Å². The van der Waals surface area contributed by atoms with E-state index >= 15 is 0 Å². The first-order valence-corrected chi connectivity index (χ1v) is 11.9. The van der Waals surface area contributed by atoms with Crippen LogP contribution in [0.25, 0.3) is 0 Å². The van der Waals surface area contributed by atoms with Gasteiger partial charge in [0.2, 0.25) is 5.91 Å². The maximum atomic E-state index is 12.4. The zero-order valence-corrected chi connectivity index (χ0v) is 19.3. The number of amides is 1. The average molecular weight is 458 g/mol. The van der Waals surface area contributed by atoms with Crippen LogP contribution in [-0.2, 0) is 11.2 Å². The molecule has 7 heteroatoms. The smallest absolute Gasteiger partial charge is 0.224 e. The number of nitrogens with zero attached hydrogens (tertiary/aromatic N) is 2. The molecule has 0 unspecified atom stereocenters. The Labute approximate surface area is 195 Å². The van der Waals surface area contributed by atoms with E-state index in [-0.39, 0.29) is 12.3 Å². The summed E-state index contributed by atoms with van der Waals surface area (Å²) in [6.07, 6.45) is 3.18. The number of carbonyl (C=O) groups is 1. The number of rotatable bonds is 8. The first kappa shape index (κ1) is 22.7. The third kappa shape index (κ3) is 6.30. The first-order chi connectivity index (χ1) is 15.7. The summed E-state index contributed by atoms with van der Waals surface area (Å²) < 4.78 is 11.4. The van der Waals surface area contributed by atoms with Gasteiger partial charge < -0.3 is 19.7 Å². The van der Waals surface area contributed by atoms with Gasteiger partial charge >= 0.3 is 0 Å². The molecule has 32 heavy (non-hydrogen) atoms. The summed E-state index contributed by atoms with van der Waals surface area (Å²) in [7, 11) is 0. The fraction of sp³-hybridized carbons (Fsp3) is 0.480. The topological polar surface area (TPSA) is 54.0 Å². The van der Waals surface area contributed by atoms with Crippen LogP contribution in [0, 0.1) is 0 Å². The molecule has 0 saturated carbocycles. The number of anilines is 1. The van der Waals surface area contributed by atoms with E-state index in [0.717, 1.165) is 57.5 Å². The van der Waals surface area contributed by atoms with Gasteiger partial charge in [-0.05, 0) is 49.2 Å². The van der Waals surface area contributed by atoms with Crippen molar-refractivity contribution in [3.63, 3.8) is 0 Å². The number of benzene rings is 2. The molecule has 1 fully saturated rings. The molecule has 2 aliphatic rings. The van der Waals surface area contributed by atoms with Crippen LogP contribution in [0.5, 0.6) is 11.5 Å². The molecule has 0 atom stereocenters. The summed E-state index contributed by atoms with van der Waals surface area (Å²) in [5.41, 5.74) is 2.15. The predicted octanol–water partition coefficient (Wildman–Crippen LogP) is 3.76. The van der Waals surface area contributed by atoms with E-state index in [0.29, 0.717) is 36.3 Å². The molecule has 0 aliphatic carbocycles. The lowest BCUT2D eigenvalue weighted by Gasteiger charge is -2.36. The summed E-state index contributed by atoms with van der Waals surface area (Å²) in [6, 6.07) is 14.3. The highest BCUT2D eigenvalue weighted by atomic mass is 35.5. The van der Waals surface area contributed by atoms with Crippen LogP contribution < -0.4 is 19.7 Å². The Morgan fingerprint density at radius 2 is 1.78 bits per heavy atom. The van der Waals surface area contributed by atoms with Crippen LogP contribution in [0.3, 0.4) is 0 Å². The van der Waals surface area contributed by atoms with Crippen LogP contribution in [0.1, 0.15) is 24.8 Å². The van der Waals surface area contributed by atoms with Gasteiger partial charge in [-0.3, -0.25) is 9.69 Å². The zero-order chi connectivity index (χ0) is 22.2. The summed E-state index contributed by atoms with van der Waals surface area (Å²) in [4.78, 5) is 17.3. The second-order valence-electron chi connectivity index (χ2n) is 8.35. The number of unbranched alkanes of at least 4 members (excludes halogenated alkanes) is 1. The van der Waals surface area contributed by atoms with Crippen LogP contribution in [0.15, 0.2) is 42.5 Å². The van der Waals surface area contributed by atoms with Gasteiger partial charge in [-0.2, -0.15) is 0 Å². The molecule has 0 spiro atoms. The monoisotopic (exact) mass is 457 g/mol. The zero-order valence-electron chi connectivity index (χ0n) is 18.5. The van der Waals surface area contributed by atoms with Crippen LogP contribution in [-0.4, -0.2) is 63.3 Å². The summed E-state index contributed by atoms with van der Waals surface area (Å²) >= 11 is 6.32. The van der Waals surface area contributed by atoms with E-state index in [4.69, 9.17) is 21.1 Å². The SMILES string of the molecule is O=C(Cc1cc(Cl)c2c(c1)OCCCO2)NCCCCN1CCN(c2ccccc2)CC1. The van der Waals surface area contributed by atoms with Crippen molar-refractivity contribution in [2.45, 2.75) is 25.7 Å². The van der Waals surface area contributed by atoms with E-state index in [1.54, 1.807) is 6.07 Å². The molecular weight excluding hydrogens is 426 g/mol. The number of carbonyl (C=O) groups excluding carboxylic acids is 1. The van der Waals surface area contributed by atoms with Crippen LogP contribution >= 0.6 is 11.6 Å². The van der Waals surface area contributed by atoms with E-state index in [2.05, 4.69) is 45.4 Å². The molecular formula is C25H32ClN3O3. The highest BCUT2D eigenvalue weighted by Gasteiger charge is 2.18. The molecule has 1 N–H and O–H groups in total. The van der Waals surface area contributed by atoms with Crippen molar-refractivity contribution in [1.29, 1.82) is 0 Å². The third-order valence-corrected chi connectivity index (χ3v) is 6.22. The average Bonchev–Trinajstić information content (AvgIpc) is 3.06. The number of ether oxygens (including phenoxy) is 2. The Kier molecular flexibility index (Phi) is 8.13. The molecule has 0 aromatic heterocycles. The molecule has 2 aromatic carbocycles. The minimum absolute atomic E-state index is 0.00651. The largest absolute Gasteiger partial charge is 0.489 e. The summed E-state index contributed by atoms with van der Waals surface area (Å²) in [5.74, 6) is 1.22. The van der Waals surface area contributed by atoms with Gasteiger partial charge in [0.15, 0.2) is 11.5 Å². The summed E-state index contributed by atoms with van der Waals surface area (Å²) in [5, 5.41) is 3.53. The second kappa shape index (κ2) is 11.4. The molecule has 172 valence electrons. The van der Waals surface area contributed by atoms with Gasteiger partial charge in [0, 0.05) is 44.8 Å². The molecule has 2 aliphatic heterocycles. The number of halogens is 1. The van der Waals surface area contributed by atoms with E-state index in [1.807, 2.05) is 6.07 Å². The van der Waals surface area contributed by atoms with Crippen molar-refractivity contribution in [1.82, 2.24) is 10.2 Å². The fourth-order valence-corrected chi connectivity index (χ4v) is 4.48. The second-order valence-corrected chi connectivity index (χ2v) is 8.76. The van der Waals surface area contributed by atoms with Gasteiger partial charge in [-0.15, -0.1) is 0 Å². The van der Waals surface area contributed by atoms with Gasteiger partial charge in [0.25, 0.3) is 0 Å². The molecule has 2 aromatic rings. The van der Waals surface area contributed by atoms with Crippen molar-refractivity contribution in [2.24, 2.45) is 0 Å². The number of nitrogens with one attached hydrogen (secondary N) is 1. The Morgan fingerprint density at radius 3 is 2.59 bits per heavy atom. The highest BCUT2D eigenvalue weighted by Crippen LogP contribution is 2.38. The van der Waals surface area contributed by atoms with Crippen LogP contribution in [0.4, 0.5) is 5.69 Å². The van der Waals surface area contributed by atoms with Gasteiger partial charge in [0.05, 0.1) is 24.7 Å². The van der Waals surface area contributed by atoms with Crippen molar-refractivity contribution < 1.29 is 14.3 Å². The van der Waals surface area contributed by atoms with Crippen molar-refractivity contribution in [3.05, 3.63) is 53.1 Å². The standard InChI is InChI=1S/C25H32ClN3O3/c26-22-17-20(18-23-25(22)32-16-6-15-31-23)19-24(30)27-9-4-5-10-28-11-13-29(14-12-28)21-7-2-1-3-8-21/h1-3,7-8,17-18H,4-6,9-16,19H2,(H,27,30). The Bertz CT molecular complexity index is 886. The predicted molar refractivity (Wildman–Crippen MR) is 128 cm³/mol. The molecule has 4 rings (SSSR count). The van der Waals surface area contributed by atoms with Gasteiger partial charge in [-0.1, -0.05) is 29.8 Å². The fourth-order valence-electron chi connectivity index (χ4n) is 4.19. The maximum Gasteiger partial charge on any atom is 0.224 e. The van der Waals surface area contributed by atoms with E-state index in [1.165, 1.54) is 5.69 Å². The van der Waals surface area contributed by atoms with Crippen molar-refractivity contribution in [2.75, 3.05) is 57.4 Å². The minimum Gasteiger partial charge on any atom is -0.489 e. The maximum absolute atomic E-state index is 12.4. The quantitative estimate of drug-likeness (QED) is 0.611. The summed E-state index contributed by atoms with van der Waals surface area (Å²) in [6.45, 7) is 7.28. The molecule has 2 heterocycles. The lowest BCUT2D eigenvalue weighted by molar-refractivity contribution is -0.120. The van der Waals surface area contributed by atoms with E-state index < -0.39 is 0 Å². The van der Waals surface area contributed by atoms with Crippen molar-refractivity contribution in [3.8, 4) is 11.5 Å². The number of piperazine rings is 1. The molecule has 6 nitrogen and oxygen atoms in total. The normalized spacial score (nSPS) is 16.5. The molecule has 0 bridgehead atoms. The Hall–Kier alpha value is -2.44. The Balaban J connectivity index is 1.12. The number of para-hydroxylation sites is 1. The Morgan fingerprint density at radius 1 is 1.00 bits per heavy atom. The lowest BCUT2D eigenvalue weighted by Crippen LogP contribution is -2.46. The van der Waals surface area contributed by atoms with E-state index in [9.17, 15) is 4.79 Å². The highest BCUT2D eigenvalue weighted by molar-refractivity contribution is 6.32. The number of hydrogen-bond acceptors (Lipinski definition) is 5. The van der Waals surface area contributed by atoms with Crippen LogP contribution in [0.2, 0.25) is 5.02 Å². The molecule has 0 radical (unpaired) electrons. The molecule has 1 amide bonds. The third-order valence-electron chi connectivity index (χ3n) is 5.94. The van der Waals surface area contributed by atoms with Crippen molar-refractivity contribution >= 4 is 23.2 Å². The lowest BCUT2D eigenvalue weighted by atomic mass is 10.1. The number of fused-ring (bicyclic) bond motifs is 1. The number of hydrogen-bond donors (Lipinski definition) is 1.